The van der Waals surface area contributed by atoms with Crippen LogP contribution >= 0.6 is 0 Å². The van der Waals surface area contributed by atoms with Gasteiger partial charge < -0.3 is 9.84 Å². The van der Waals surface area contributed by atoms with Gasteiger partial charge >= 0.3 is 0 Å². The topological polar surface area (TPSA) is 35.9 Å². The summed E-state index contributed by atoms with van der Waals surface area (Å²) in [5.41, 5.74) is 2.02. The van der Waals surface area contributed by atoms with Crippen molar-refractivity contribution in [1.29, 1.82) is 0 Å². The highest BCUT2D eigenvalue weighted by molar-refractivity contribution is 5.42. The Kier molecular flexibility index (Phi) is 4.43. The van der Waals surface area contributed by atoms with Gasteiger partial charge in [-0.15, -0.1) is 0 Å². The number of rotatable bonds is 3. The average molecular weight is 419 g/mol. The monoisotopic (exact) mass is 418 g/mol. The number of ether oxygens (including phenoxy) is 1. The van der Waals surface area contributed by atoms with Gasteiger partial charge in [0.25, 0.3) is 0 Å². The molecule has 7 rings (SSSR count). The first-order valence-electron chi connectivity index (χ1n) is 11.8. The predicted octanol–water partition coefficient (Wildman–Crippen LogP) is 3.40. The Morgan fingerprint density at radius 2 is 1.29 bits per heavy atom. The molecule has 0 amide bonds. The molecule has 2 aromatic rings. The zero-order chi connectivity index (χ0) is 21.3. The van der Waals surface area contributed by atoms with Crippen LogP contribution in [0.15, 0.2) is 60.7 Å². The van der Waals surface area contributed by atoms with Crippen molar-refractivity contribution in [2.75, 3.05) is 32.8 Å². The molecule has 5 fully saturated rings. The van der Waals surface area contributed by atoms with Crippen molar-refractivity contribution >= 4 is 0 Å². The first-order valence-corrected chi connectivity index (χ1v) is 11.8. The third-order valence-electron chi connectivity index (χ3n) is 8.59. The highest BCUT2D eigenvalue weighted by atomic mass is 16.5. The minimum absolute atomic E-state index is 0.0480. The highest BCUT2D eigenvalue weighted by Crippen LogP contribution is 2.55. The molecule has 4 bridgehead atoms. The van der Waals surface area contributed by atoms with Gasteiger partial charge in [-0.3, -0.25) is 9.80 Å². The molecule has 0 unspecified atom stereocenters. The first kappa shape index (κ1) is 19.9. The molecule has 0 aromatic heterocycles. The fraction of sp³-hybridized carbons (Fsp3) is 0.556. The molecular weight excluding hydrogens is 384 g/mol. The number of hydrogen-bond donors (Lipinski definition) is 1. The van der Waals surface area contributed by atoms with Gasteiger partial charge in [0, 0.05) is 43.6 Å². The van der Waals surface area contributed by atoms with Crippen LogP contribution in [0.2, 0.25) is 0 Å². The van der Waals surface area contributed by atoms with E-state index in [9.17, 15) is 5.11 Å². The summed E-state index contributed by atoms with van der Waals surface area (Å²) in [6.45, 7) is 9.07. The van der Waals surface area contributed by atoms with E-state index in [1.807, 2.05) is 0 Å². The van der Waals surface area contributed by atoms with Crippen LogP contribution < -0.4 is 0 Å². The Bertz CT molecular complexity index is 869. The fourth-order valence-corrected chi connectivity index (χ4v) is 7.49. The van der Waals surface area contributed by atoms with Crippen LogP contribution in [-0.2, 0) is 15.6 Å². The van der Waals surface area contributed by atoms with Crippen LogP contribution in [-0.4, -0.2) is 65.6 Å². The minimum atomic E-state index is -0.385. The largest absolute Gasteiger partial charge is 0.391 e. The maximum atomic E-state index is 12.0. The lowest BCUT2D eigenvalue weighted by atomic mass is 9.54. The summed E-state index contributed by atoms with van der Waals surface area (Å²) in [5, 5.41) is 12.0. The Labute approximate surface area is 185 Å². The number of piperidine rings is 2. The Morgan fingerprint density at radius 3 is 1.74 bits per heavy atom. The summed E-state index contributed by atoms with van der Waals surface area (Å²) in [6.07, 6.45) is 2.29. The number of benzene rings is 2. The van der Waals surface area contributed by atoms with Crippen molar-refractivity contribution in [3.8, 4) is 0 Å². The molecule has 164 valence electrons. The van der Waals surface area contributed by atoms with Gasteiger partial charge in [0.2, 0.25) is 0 Å². The SMILES string of the molecule is CC1(C)C[C@@H](C2N3CC4(c5ccccc5)CN2CC(c2ccccc2)(C3)C4O)CCO1. The molecule has 5 aliphatic rings. The average Bonchev–Trinajstić information content (AvgIpc) is 2.77. The molecule has 5 aliphatic heterocycles. The van der Waals surface area contributed by atoms with E-state index in [4.69, 9.17) is 4.74 Å². The molecule has 5 saturated heterocycles. The van der Waals surface area contributed by atoms with Gasteiger partial charge in [0.15, 0.2) is 0 Å². The van der Waals surface area contributed by atoms with Crippen LogP contribution in [0, 0.1) is 5.92 Å². The van der Waals surface area contributed by atoms with Gasteiger partial charge in [-0.1, -0.05) is 60.7 Å². The Balaban J connectivity index is 1.44. The van der Waals surface area contributed by atoms with E-state index in [1.54, 1.807) is 0 Å². The van der Waals surface area contributed by atoms with E-state index in [1.165, 1.54) is 11.1 Å². The lowest BCUT2D eigenvalue weighted by Crippen LogP contribution is -2.84. The van der Waals surface area contributed by atoms with Crippen LogP contribution in [0.3, 0.4) is 0 Å². The summed E-state index contributed by atoms with van der Waals surface area (Å²) in [7, 11) is 0. The van der Waals surface area contributed by atoms with E-state index in [0.717, 1.165) is 45.6 Å². The van der Waals surface area contributed by atoms with Crippen molar-refractivity contribution in [1.82, 2.24) is 9.80 Å². The standard InChI is InChI=1S/C27H34N2O2/c1-25(2)15-20(13-14-31-25)23-28-16-26(21-9-5-3-6-10-21)17-29(23)19-27(18-28,24(26)30)22-11-7-4-8-12-22/h3-12,20,23-24,30H,13-19H2,1-2H3/t20-,23?,24?,26?,27?/m0/s1. The molecule has 4 heteroatoms. The second-order valence-electron chi connectivity index (χ2n) is 11.0. The Hall–Kier alpha value is -1.72. The van der Waals surface area contributed by atoms with Crippen LogP contribution in [0.4, 0.5) is 0 Å². The van der Waals surface area contributed by atoms with E-state index in [0.29, 0.717) is 12.1 Å². The third kappa shape index (κ3) is 2.88. The normalized spacial score (nSPS) is 43.1. The molecule has 5 heterocycles. The van der Waals surface area contributed by atoms with Crippen molar-refractivity contribution in [2.24, 2.45) is 5.92 Å². The van der Waals surface area contributed by atoms with Gasteiger partial charge in [0.1, 0.15) is 0 Å². The molecule has 0 spiro atoms. The third-order valence-corrected chi connectivity index (χ3v) is 8.59. The lowest BCUT2D eigenvalue weighted by Gasteiger charge is -2.71. The molecular formula is C27H34N2O2. The fourth-order valence-electron chi connectivity index (χ4n) is 7.49. The summed E-state index contributed by atoms with van der Waals surface area (Å²) in [6, 6.07) is 21.6. The molecule has 1 N–H and O–H groups in total. The Morgan fingerprint density at radius 1 is 0.806 bits per heavy atom. The second kappa shape index (κ2) is 6.89. The second-order valence-corrected chi connectivity index (χ2v) is 11.0. The van der Waals surface area contributed by atoms with Crippen molar-refractivity contribution in [3.63, 3.8) is 0 Å². The first-order chi connectivity index (χ1) is 14.9. The maximum absolute atomic E-state index is 12.0. The van der Waals surface area contributed by atoms with Crippen molar-refractivity contribution < 1.29 is 9.84 Å². The number of aliphatic hydroxyl groups is 1. The molecule has 0 aliphatic carbocycles. The molecule has 1 atom stereocenters. The zero-order valence-electron chi connectivity index (χ0n) is 18.7. The van der Waals surface area contributed by atoms with Crippen LogP contribution in [0.25, 0.3) is 0 Å². The van der Waals surface area contributed by atoms with Gasteiger partial charge in [-0.25, -0.2) is 0 Å². The van der Waals surface area contributed by atoms with Gasteiger partial charge in [-0.2, -0.15) is 0 Å². The van der Waals surface area contributed by atoms with E-state index >= 15 is 0 Å². The quantitative estimate of drug-likeness (QED) is 0.829. The number of hydrogen-bond acceptors (Lipinski definition) is 4. The van der Waals surface area contributed by atoms with Crippen LogP contribution in [0.5, 0.6) is 0 Å². The van der Waals surface area contributed by atoms with E-state index in [2.05, 4.69) is 84.3 Å². The molecule has 2 aromatic carbocycles. The van der Waals surface area contributed by atoms with Crippen LogP contribution in [0.1, 0.15) is 37.8 Å². The number of nitrogens with zero attached hydrogens (tertiary/aromatic N) is 2. The van der Waals surface area contributed by atoms with Gasteiger partial charge in [0.05, 0.1) is 17.9 Å². The van der Waals surface area contributed by atoms with E-state index < -0.39 is 0 Å². The smallest absolute Gasteiger partial charge is 0.0782 e. The number of aliphatic hydroxyl groups excluding tert-OH is 1. The molecule has 31 heavy (non-hydrogen) atoms. The molecule has 0 saturated carbocycles. The van der Waals surface area contributed by atoms with Crippen molar-refractivity contribution in [3.05, 3.63) is 71.8 Å². The summed E-state index contributed by atoms with van der Waals surface area (Å²) < 4.78 is 6.06. The minimum Gasteiger partial charge on any atom is -0.391 e. The summed E-state index contributed by atoms with van der Waals surface area (Å²) in [4.78, 5) is 5.43. The summed E-state index contributed by atoms with van der Waals surface area (Å²) in [5.74, 6) is 0.613. The zero-order valence-corrected chi connectivity index (χ0v) is 18.7. The highest BCUT2D eigenvalue weighted by Gasteiger charge is 2.67. The maximum Gasteiger partial charge on any atom is 0.0782 e. The summed E-state index contributed by atoms with van der Waals surface area (Å²) >= 11 is 0. The van der Waals surface area contributed by atoms with E-state index in [-0.39, 0.29) is 22.5 Å². The predicted molar refractivity (Wildman–Crippen MR) is 122 cm³/mol. The molecule has 4 nitrogen and oxygen atoms in total. The lowest BCUT2D eigenvalue weighted by molar-refractivity contribution is -0.229. The molecule has 0 radical (unpaired) electrons. The van der Waals surface area contributed by atoms with Gasteiger partial charge in [-0.05, 0) is 43.7 Å². The van der Waals surface area contributed by atoms with Crippen molar-refractivity contribution in [2.45, 2.75) is 55.4 Å².